The lowest BCUT2D eigenvalue weighted by Crippen LogP contribution is -1.96. The Balaban J connectivity index is 2.41. The molecule has 0 fully saturated rings. The molecule has 3 heteroatoms. The van der Waals surface area contributed by atoms with Crippen molar-refractivity contribution in [2.75, 3.05) is 6.26 Å². The molecule has 0 saturated heterocycles. The maximum Gasteiger partial charge on any atom is 0.175 e. The molecular formula is C13H11O2S. The summed E-state index contributed by atoms with van der Waals surface area (Å²) in [6.45, 7) is 0. The summed E-state index contributed by atoms with van der Waals surface area (Å²) in [4.78, 5) is 0.344. The van der Waals surface area contributed by atoms with Crippen molar-refractivity contribution in [2.24, 2.45) is 0 Å². The molecule has 81 valence electrons. The van der Waals surface area contributed by atoms with Gasteiger partial charge in [-0.3, -0.25) is 0 Å². The Morgan fingerprint density at radius 2 is 1.69 bits per heavy atom. The standard InChI is InChI=1S/C13H11O2S/c1-16(14,15)13-9-7-12(8-10-13)11-5-3-2-4-6-11/h2-3,5-10H,1H3. The van der Waals surface area contributed by atoms with Crippen LogP contribution in [0.1, 0.15) is 0 Å². The number of hydrogen-bond acceptors (Lipinski definition) is 2. The highest BCUT2D eigenvalue weighted by Crippen LogP contribution is 2.20. The minimum atomic E-state index is -3.11. The predicted octanol–water partition coefficient (Wildman–Crippen LogP) is 2.56. The van der Waals surface area contributed by atoms with Crippen molar-refractivity contribution in [2.45, 2.75) is 4.90 Å². The minimum Gasteiger partial charge on any atom is -0.224 e. The Hall–Kier alpha value is -1.61. The summed E-state index contributed by atoms with van der Waals surface area (Å²) < 4.78 is 22.5. The normalized spacial score (nSPS) is 11.3. The molecule has 0 aliphatic carbocycles. The van der Waals surface area contributed by atoms with Gasteiger partial charge in [-0.15, -0.1) is 0 Å². The van der Waals surface area contributed by atoms with Crippen molar-refractivity contribution < 1.29 is 8.42 Å². The third-order valence-corrected chi connectivity index (χ3v) is 3.45. The minimum absolute atomic E-state index is 0.344. The average molecular weight is 231 g/mol. The van der Waals surface area contributed by atoms with Crippen molar-refractivity contribution >= 4 is 9.84 Å². The summed E-state index contributed by atoms with van der Waals surface area (Å²) in [7, 11) is -3.11. The zero-order chi connectivity index (χ0) is 11.6. The van der Waals surface area contributed by atoms with Crippen LogP contribution in [0.2, 0.25) is 0 Å². The molecule has 0 heterocycles. The van der Waals surface area contributed by atoms with Crippen LogP contribution in [0.5, 0.6) is 0 Å². The first-order valence-electron chi connectivity index (χ1n) is 4.84. The first-order chi connectivity index (χ1) is 7.57. The van der Waals surface area contributed by atoms with Crippen LogP contribution in [-0.2, 0) is 9.84 Å². The van der Waals surface area contributed by atoms with E-state index in [-0.39, 0.29) is 0 Å². The van der Waals surface area contributed by atoms with E-state index >= 15 is 0 Å². The molecule has 16 heavy (non-hydrogen) atoms. The second-order valence-corrected chi connectivity index (χ2v) is 5.60. The average Bonchev–Trinajstić information content (AvgIpc) is 2.29. The second-order valence-electron chi connectivity index (χ2n) is 3.59. The van der Waals surface area contributed by atoms with Gasteiger partial charge in [0.15, 0.2) is 9.84 Å². The number of rotatable bonds is 2. The first kappa shape index (κ1) is 10.9. The molecule has 0 bridgehead atoms. The van der Waals surface area contributed by atoms with E-state index in [0.29, 0.717) is 4.90 Å². The van der Waals surface area contributed by atoms with E-state index in [4.69, 9.17) is 0 Å². The highest BCUT2D eigenvalue weighted by atomic mass is 32.2. The van der Waals surface area contributed by atoms with Crippen molar-refractivity contribution in [3.63, 3.8) is 0 Å². The Bertz CT molecular complexity index is 569. The molecule has 1 radical (unpaired) electrons. The lowest BCUT2D eigenvalue weighted by molar-refractivity contribution is 0.602. The molecule has 0 amide bonds. The van der Waals surface area contributed by atoms with Gasteiger partial charge >= 0.3 is 0 Å². The Kier molecular flexibility index (Phi) is 2.79. The van der Waals surface area contributed by atoms with Gasteiger partial charge in [-0.25, -0.2) is 8.42 Å². The Morgan fingerprint density at radius 3 is 2.19 bits per heavy atom. The van der Waals surface area contributed by atoms with Gasteiger partial charge < -0.3 is 0 Å². The lowest BCUT2D eigenvalue weighted by atomic mass is 10.1. The van der Waals surface area contributed by atoms with E-state index in [2.05, 4.69) is 6.07 Å². The number of hydrogen-bond donors (Lipinski definition) is 0. The summed E-state index contributed by atoms with van der Waals surface area (Å²) in [5, 5.41) is 0. The molecular weight excluding hydrogens is 220 g/mol. The number of sulfone groups is 1. The van der Waals surface area contributed by atoms with Crippen LogP contribution in [0.3, 0.4) is 0 Å². The summed E-state index contributed by atoms with van der Waals surface area (Å²) >= 11 is 0. The van der Waals surface area contributed by atoms with Crippen molar-refractivity contribution in [1.82, 2.24) is 0 Å². The van der Waals surface area contributed by atoms with Crippen LogP contribution >= 0.6 is 0 Å². The summed E-state index contributed by atoms with van der Waals surface area (Å²) in [5.74, 6) is 0. The van der Waals surface area contributed by atoms with Gasteiger partial charge in [0.1, 0.15) is 0 Å². The van der Waals surface area contributed by atoms with Crippen molar-refractivity contribution in [3.05, 3.63) is 54.6 Å². The van der Waals surface area contributed by atoms with Crippen LogP contribution in [0, 0.1) is 6.07 Å². The van der Waals surface area contributed by atoms with E-state index in [1.165, 1.54) is 6.26 Å². The molecule has 2 aromatic rings. The SMILES string of the molecule is CS(=O)(=O)c1ccc(-c2c[c]ccc2)cc1. The molecule has 2 rings (SSSR count). The molecule has 0 saturated carbocycles. The van der Waals surface area contributed by atoms with E-state index < -0.39 is 9.84 Å². The smallest absolute Gasteiger partial charge is 0.175 e. The topological polar surface area (TPSA) is 34.1 Å². The molecule has 0 aliphatic heterocycles. The monoisotopic (exact) mass is 231 g/mol. The molecule has 0 unspecified atom stereocenters. The molecule has 2 nitrogen and oxygen atoms in total. The number of benzene rings is 2. The van der Waals surface area contributed by atoms with Gasteiger partial charge in [0.2, 0.25) is 0 Å². The lowest BCUT2D eigenvalue weighted by Gasteiger charge is -2.02. The van der Waals surface area contributed by atoms with E-state index in [9.17, 15) is 8.42 Å². The molecule has 0 spiro atoms. The van der Waals surface area contributed by atoms with E-state index in [1.807, 2.05) is 24.3 Å². The fourth-order valence-electron chi connectivity index (χ4n) is 1.47. The van der Waals surface area contributed by atoms with Gasteiger partial charge in [0.05, 0.1) is 4.90 Å². The molecule has 0 atom stereocenters. The van der Waals surface area contributed by atoms with Crippen molar-refractivity contribution in [1.29, 1.82) is 0 Å². The summed E-state index contributed by atoms with van der Waals surface area (Å²) in [6.07, 6.45) is 1.21. The van der Waals surface area contributed by atoms with Gasteiger partial charge in [0.25, 0.3) is 0 Å². The van der Waals surface area contributed by atoms with Gasteiger partial charge in [0, 0.05) is 6.26 Å². The fourth-order valence-corrected chi connectivity index (χ4v) is 2.10. The molecule has 2 aromatic carbocycles. The summed E-state index contributed by atoms with van der Waals surface area (Å²) in [5.41, 5.74) is 2.02. The van der Waals surface area contributed by atoms with E-state index in [0.717, 1.165) is 11.1 Å². The van der Waals surface area contributed by atoms with Crippen LogP contribution in [0.15, 0.2) is 53.4 Å². The largest absolute Gasteiger partial charge is 0.224 e. The van der Waals surface area contributed by atoms with Gasteiger partial charge in [-0.1, -0.05) is 30.3 Å². The highest BCUT2D eigenvalue weighted by Gasteiger charge is 2.06. The Labute approximate surface area is 95.5 Å². The van der Waals surface area contributed by atoms with E-state index in [1.54, 1.807) is 24.3 Å². The van der Waals surface area contributed by atoms with Crippen LogP contribution in [-0.4, -0.2) is 14.7 Å². The first-order valence-corrected chi connectivity index (χ1v) is 6.73. The van der Waals surface area contributed by atoms with Gasteiger partial charge in [-0.05, 0) is 35.4 Å². The van der Waals surface area contributed by atoms with Crippen LogP contribution < -0.4 is 0 Å². The quantitative estimate of drug-likeness (QED) is 0.796. The maximum atomic E-state index is 11.3. The summed E-state index contributed by atoms with van der Waals surface area (Å²) in [6, 6.07) is 17.4. The highest BCUT2D eigenvalue weighted by molar-refractivity contribution is 7.90. The Morgan fingerprint density at radius 1 is 1.00 bits per heavy atom. The van der Waals surface area contributed by atoms with Gasteiger partial charge in [-0.2, -0.15) is 0 Å². The predicted molar refractivity (Wildman–Crippen MR) is 63.8 cm³/mol. The zero-order valence-electron chi connectivity index (χ0n) is 8.84. The van der Waals surface area contributed by atoms with Crippen LogP contribution in [0.4, 0.5) is 0 Å². The zero-order valence-corrected chi connectivity index (χ0v) is 9.66. The molecule has 0 aliphatic rings. The third kappa shape index (κ3) is 2.31. The molecule has 0 N–H and O–H groups in total. The molecule has 0 aromatic heterocycles. The maximum absolute atomic E-state index is 11.3. The van der Waals surface area contributed by atoms with Crippen LogP contribution in [0.25, 0.3) is 11.1 Å². The fraction of sp³-hybridized carbons (Fsp3) is 0.0769. The second kappa shape index (κ2) is 4.10. The van der Waals surface area contributed by atoms with Crippen molar-refractivity contribution in [3.8, 4) is 11.1 Å². The third-order valence-electron chi connectivity index (χ3n) is 2.32.